The third-order valence-corrected chi connectivity index (χ3v) is 4.18. The van der Waals surface area contributed by atoms with Crippen molar-refractivity contribution in [3.63, 3.8) is 0 Å². The average Bonchev–Trinajstić information content (AvgIpc) is 3.19. The maximum Gasteiger partial charge on any atom is 0.247 e. The summed E-state index contributed by atoms with van der Waals surface area (Å²) in [7, 11) is 0. The van der Waals surface area contributed by atoms with Crippen molar-refractivity contribution >= 4 is 28.9 Å². The molecule has 144 valence electrons. The van der Waals surface area contributed by atoms with E-state index in [2.05, 4.69) is 15.5 Å². The van der Waals surface area contributed by atoms with Crippen molar-refractivity contribution in [3.8, 4) is 0 Å². The van der Waals surface area contributed by atoms with E-state index in [-0.39, 0.29) is 5.56 Å². The Morgan fingerprint density at radius 2 is 2.14 bits per heavy atom. The van der Waals surface area contributed by atoms with Crippen LogP contribution < -0.4 is 10.9 Å². The fourth-order valence-electron chi connectivity index (χ4n) is 2.76. The number of hydrogen-bond donors (Lipinski definition) is 1. The minimum atomic E-state index is -0.592. The first kappa shape index (κ1) is 19.2. The predicted molar refractivity (Wildman–Crippen MR) is 104 cm³/mol. The molecule has 0 aliphatic rings. The van der Waals surface area contributed by atoms with E-state index in [1.165, 1.54) is 12.4 Å². The predicted octanol–water partition coefficient (Wildman–Crippen LogP) is 2.24. The lowest BCUT2D eigenvalue weighted by Crippen LogP contribution is -2.25. The van der Waals surface area contributed by atoms with Crippen LogP contribution in [0.25, 0.3) is 11.0 Å². The summed E-state index contributed by atoms with van der Waals surface area (Å²) in [5.41, 5.74) is 3.13. The number of hydrogen-bond acceptors (Lipinski definition) is 6. The number of nitrogens with one attached hydrogen (secondary N) is 1. The summed E-state index contributed by atoms with van der Waals surface area (Å²) in [6.07, 6.45) is 4.42. The Hall–Kier alpha value is -3.55. The first-order valence-electron chi connectivity index (χ1n) is 8.86. The summed E-state index contributed by atoms with van der Waals surface area (Å²) in [5.74, 6) is -0.451. The summed E-state index contributed by atoms with van der Waals surface area (Å²) in [4.78, 5) is 41.5. The second-order valence-corrected chi connectivity index (χ2v) is 6.21. The number of aryl methyl sites for hydroxylation is 2. The zero-order chi connectivity index (χ0) is 20.1. The van der Waals surface area contributed by atoms with E-state index in [1.807, 2.05) is 13.8 Å². The summed E-state index contributed by atoms with van der Waals surface area (Å²) < 4.78 is 6.87. The Morgan fingerprint density at radius 1 is 1.32 bits per heavy atom. The molecule has 0 unspecified atom stereocenters. The van der Waals surface area contributed by atoms with Crippen LogP contribution in [0.2, 0.25) is 0 Å². The van der Waals surface area contributed by atoms with Gasteiger partial charge in [0.25, 0.3) is 0 Å². The molecule has 0 saturated carbocycles. The number of ketones is 1. The normalized spacial score (nSPS) is 11.2. The second-order valence-electron chi connectivity index (χ2n) is 6.21. The molecule has 0 fully saturated rings. The van der Waals surface area contributed by atoms with E-state index in [9.17, 15) is 14.4 Å². The third kappa shape index (κ3) is 4.22. The maximum atomic E-state index is 12.7. The van der Waals surface area contributed by atoms with Crippen LogP contribution in [0.3, 0.4) is 0 Å². The minimum Gasteiger partial charge on any atom is -0.469 e. The molecule has 3 rings (SSSR count). The van der Waals surface area contributed by atoms with E-state index in [4.69, 9.17) is 4.42 Å². The molecule has 3 aromatic rings. The molecular weight excluding hydrogens is 360 g/mol. The molecule has 0 aliphatic carbocycles. The highest BCUT2D eigenvalue weighted by Crippen LogP contribution is 2.12. The van der Waals surface area contributed by atoms with Crippen LogP contribution in [-0.2, 0) is 17.8 Å². The second kappa shape index (κ2) is 8.43. The van der Waals surface area contributed by atoms with E-state index in [0.717, 1.165) is 5.69 Å². The molecule has 8 nitrogen and oxygen atoms in total. The lowest BCUT2D eigenvalue weighted by molar-refractivity contribution is -0.120. The van der Waals surface area contributed by atoms with Crippen molar-refractivity contribution in [2.75, 3.05) is 0 Å². The number of carbonyl (C=O) groups is 2. The van der Waals surface area contributed by atoms with Gasteiger partial charge < -0.3 is 8.98 Å². The molecule has 1 amide bonds. The molecule has 0 radical (unpaired) electrons. The number of nitrogens with zero attached hydrogens (tertiary/aromatic N) is 3. The van der Waals surface area contributed by atoms with Crippen molar-refractivity contribution < 1.29 is 14.0 Å². The van der Waals surface area contributed by atoms with Crippen LogP contribution >= 0.6 is 0 Å². The van der Waals surface area contributed by atoms with Crippen LogP contribution in [0, 0.1) is 6.92 Å². The molecule has 0 spiro atoms. The summed E-state index contributed by atoms with van der Waals surface area (Å²) in [6, 6.07) is 6.91. The Kier molecular flexibility index (Phi) is 5.78. The van der Waals surface area contributed by atoms with Gasteiger partial charge in [-0.05, 0) is 38.1 Å². The number of furan rings is 1. The number of rotatable bonds is 7. The first-order valence-corrected chi connectivity index (χ1v) is 8.86. The average molecular weight is 380 g/mol. The van der Waals surface area contributed by atoms with Crippen molar-refractivity contribution in [1.29, 1.82) is 0 Å². The molecule has 0 bridgehead atoms. The van der Waals surface area contributed by atoms with E-state index in [0.29, 0.717) is 29.8 Å². The van der Waals surface area contributed by atoms with Gasteiger partial charge >= 0.3 is 0 Å². The fraction of sp³-hybridized carbons (Fsp3) is 0.250. The number of aromatic nitrogens is 2. The minimum absolute atomic E-state index is 0.0327. The van der Waals surface area contributed by atoms with Crippen molar-refractivity contribution in [2.24, 2.45) is 5.10 Å². The first-order chi connectivity index (χ1) is 13.5. The highest BCUT2D eigenvalue weighted by Gasteiger charge is 2.18. The maximum absolute atomic E-state index is 12.7. The fourth-order valence-corrected chi connectivity index (χ4v) is 2.76. The largest absolute Gasteiger partial charge is 0.469 e. The Balaban J connectivity index is 1.73. The van der Waals surface area contributed by atoms with Gasteiger partial charge in [0.1, 0.15) is 11.4 Å². The monoisotopic (exact) mass is 380 g/mol. The number of carbonyl (C=O) groups excluding carboxylic acids is 2. The van der Waals surface area contributed by atoms with Crippen molar-refractivity contribution in [3.05, 3.63) is 64.0 Å². The van der Waals surface area contributed by atoms with Gasteiger partial charge in [0.05, 0.1) is 23.6 Å². The van der Waals surface area contributed by atoms with Gasteiger partial charge in [-0.15, -0.1) is 0 Å². The number of fused-ring (bicyclic) bond motifs is 1. The van der Waals surface area contributed by atoms with E-state index in [1.54, 1.807) is 35.1 Å². The van der Waals surface area contributed by atoms with Crippen LogP contribution in [0.5, 0.6) is 0 Å². The van der Waals surface area contributed by atoms with E-state index < -0.39 is 23.5 Å². The zero-order valence-corrected chi connectivity index (χ0v) is 15.6. The van der Waals surface area contributed by atoms with Crippen LogP contribution in [0.4, 0.5) is 0 Å². The number of Topliss-reactive ketones (excluding diaryl/α,β-unsaturated/α-hetero) is 1. The van der Waals surface area contributed by atoms with Crippen LogP contribution in [0.1, 0.15) is 35.2 Å². The topological polar surface area (TPSA) is 107 Å². The quantitative estimate of drug-likeness (QED) is 0.293. The number of hydrazone groups is 1. The molecule has 28 heavy (non-hydrogen) atoms. The molecule has 3 aromatic heterocycles. The molecule has 1 N–H and O–H groups in total. The lowest BCUT2D eigenvalue weighted by atomic mass is 10.1. The van der Waals surface area contributed by atoms with E-state index >= 15 is 0 Å². The lowest BCUT2D eigenvalue weighted by Gasteiger charge is -2.10. The van der Waals surface area contributed by atoms with Crippen molar-refractivity contribution in [2.45, 2.75) is 33.2 Å². The zero-order valence-electron chi connectivity index (χ0n) is 15.6. The van der Waals surface area contributed by atoms with Gasteiger partial charge in [-0.2, -0.15) is 5.10 Å². The van der Waals surface area contributed by atoms with Gasteiger partial charge in [0, 0.05) is 31.1 Å². The van der Waals surface area contributed by atoms with Gasteiger partial charge in [0.2, 0.25) is 11.3 Å². The Morgan fingerprint density at radius 3 is 2.86 bits per heavy atom. The summed E-state index contributed by atoms with van der Waals surface area (Å²) >= 11 is 0. The molecular formula is C20H20N4O4. The highest BCUT2D eigenvalue weighted by atomic mass is 16.3. The Labute approximate surface area is 160 Å². The van der Waals surface area contributed by atoms with Crippen molar-refractivity contribution in [1.82, 2.24) is 15.0 Å². The molecule has 8 heteroatoms. The molecule has 0 aromatic carbocycles. The molecule has 0 aliphatic heterocycles. The van der Waals surface area contributed by atoms with Gasteiger partial charge in [0.15, 0.2) is 5.78 Å². The molecule has 3 heterocycles. The van der Waals surface area contributed by atoms with Crippen LogP contribution in [0.15, 0.2) is 51.0 Å². The molecule has 0 atom stereocenters. The van der Waals surface area contributed by atoms with Crippen LogP contribution in [-0.4, -0.2) is 27.5 Å². The third-order valence-electron chi connectivity index (χ3n) is 4.18. The highest BCUT2D eigenvalue weighted by molar-refractivity contribution is 6.08. The molecule has 0 saturated heterocycles. The Bertz CT molecular complexity index is 1100. The van der Waals surface area contributed by atoms with Gasteiger partial charge in [-0.3, -0.25) is 14.4 Å². The van der Waals surface area contributed by atoms with Gasteiger partial charge in [-0.1, -0.05) is 0 Å². The standard InChI is InChI=1S/C20H20N4O4/c1-3-24-12-16(19(27)15-7-6-13(2)22-20(15)24)17(25)11-18(26)23-21-9-8-14-5-4-10-28-14/h4-7,9-10,12H,3,8,11H2,1-2H3,(H,23,26)/b21-9+. The summed E-state index contributed by atoms with van der Waals surface area (Å²) in [5, 5.41) is 4.14. The van der Waals surface area contributed by atoms with Gasteiger partial charge in [-0.25, -0.2) is 10.4 Å². The SMILES string of the molecule is CCn1cc(C(=O)CC(=O)N/N=C/Cc2ccco2)c(=O)c2ccc(C)nc21. The number of amides is 1. The smallest absolute Gasteiger partial charge is 0.247 e. The summed E-state index contributed by atoms with van der Waals surface area (Å²) in [6.45, 7) is 4.26. The number of pyridine rings is 2.